The number of halogens is 1. The zero-order valence-corrected chi connectivity index (χ0v) is 23.2. The van der Waals surface area contributed by atoms with Gasteiger partial charge < -0.3 is 9.47 Å². The van der Waals surface area contributed by atoms with E-state index in [-0.39, 0.29) is 5.57 Å². The van der Waals surface area contributed by atoms with Crippen LogP contribution < -0.4 is 19.7 Å². The molecule has 4 aromatic rings. The number of methoxy groups -OCH3 is 1. The molecule has 1 saturated heterocycles. The second kappa shape index (κ2) is 12.0. The summed E-state index contributed by atoms with van der Waals surface area (Å²) in [6.07, 6.45) is 2.09. The first kappa shape index (κ1) is 26.9. The lowest BCUT2D eigenvalue weighted by atomic mass is 10.0. The van der Waals surface area contributed by atoms with E-state index < -0.39 is 17.8 Å². The summed E-state index contributed by atoms with van der Waals surface area (Å²) in [4.78, 5) is 39.6. The van der Waals surface area contributed by atoms with Crippen LogP contribution in [0.3, 0.4) is 0 Å². The third-order valence-electron chi connectivity index (χ3n) is 6.41. The molecular weight excluding hydrogens is 572 g/mol. The Kier molecular flexibility index (Phi) is 8.07. The average Bonchev–Trinajstić information content (AvgIpc) is 2.97. The van der Waals surface area contributed by atoms with Crippen LogP contribution in [0.2, 0.25) is 0 Å². The third kappa shape index (κ3) is 5.97. The van der Waals surface area contributed by atoms with Gasteiger partial charge >= 0.3 is 6.03 Å². The van der Waals surface area contributed by atoms with Crippen molar-refractivity contribution in [2.24, 2.45) is 0 Å². The van der Waals surface area contributed by atoms with E-state index in [2.05, 4.69) is 21.2 Å². The largest absolute Gasteiger partial charge is 0.496 e. The van der Waals surface area contributed by atoms with E-state index >= 15 is 0 Å². The molecule has 1 aliphatic rings. The number of hydrogen-bond acceptors (Lipinski definition) is 5. The topological polar surface area (TPSA) is 84.9 Å². The number of benzene rings is 4. The summed E-state index contributed by atoms with van der Waals surface area (Å²) in [6, 6.07) is 28.9. The van der Waals surface area contributed by atoms with Crippen molar-refractivity contribution >= 4 is 45.5 Å². The normalized spacial score (nSPS) is 14.3. The molecule has 5 rings (SSSR count). The standard InChI is InChI=1S/C32H25BrN2O5/c1-39-29-18-22(11-12-24(29)19-23-9-5-6-10-28(23)33)17-27-30(36)34-32(38)35(31(27)37)25-13-15-26(16-14-25)40-20-21-7-3-2-4-8-21/h2-18H,19-20H2,1H3,(H,34,36,38)/b27-17+. The molecule has 4 amide bonds. The Morgan fingerprint density at radius 2 is 1.57 bits per heavy atom. The Bertz CT molecular complexity index is 1600. The van der Waals surface area contributed by atoms with Crippen LogP contribution in [0.4, 0.5) is 10.5 Å². The first-order chi connectivity index (χ1) is 19.4. The molecule has 1 heterocycles. The molecule has 0 unspecified atom stereocenters. The predicted molar refractivity (Wildman–Crippen MR) is 156 cm³/mol. The van der Waals surface area contributed by atoms with Crippen LogP contribution in [0.5, 0.6) is 11.5 Å². The zero-order chi connectivity index (χ0) is 28.1. The van der Waals surface area contributed by atoms with Crippen LogP contribution in [-0.2, 0) is 22.6 Å². The van der Waals surface area contributed by atoms with E-state index in [0.29, 0.717) is 35.8 Å². The summed E-state index contributed by atoms with van der Waals surface area (Å²) in [5.74, 6) is -0.278. The highest BCUT2D eigenvalue weighted by Crippen LogP contribution is 2.29. The van der Waals surface area contributed by atoms with E-state index in [1.807, 2.05) is 66.7 Å². The molecule has 0 atom stereocenters. The number of carbonyl (C=O) groups is 3. The van der Waals surface area contributed by atoms with Gasteiger partial charge in [0.1, 0.15) is 23.7 Å². The smallest absolute Gasteiger partial charge is 0.335 e. The highest BCUT2D eigenvalue weighted by molar-refractivity contribution is 9.10. The molecule has 8 heteroatoms. The monoisotopic (exact) mass is 596 g/mol. The van der Waals surface area contributed by atoms with Crippen molar-refractivity contribution in [1.82, 2.24) is 5.32 Å². The number of barbiturate groups is 1. The molecule has 40 heavy (non-hydrogen) atoms. The maximum atomic E-state index is 13.4. The molecule has 0 radical (unpaired) electrons. The van der Waals surface area contributed by atoms with Crippen LogP contribution >= 0.6 is 15.9 Å². The SMILES string of the molecule is COc1cc(/C=C2\C(=O)NC(=O)N(c3ccc(OCc4ccccc4)cc3)C2=O)ccc1Cc1ccccc1Br. The molecule has 0 bridgehead atoms. The Morgan fingerprint density at radius 3 is 2.30 bits per heavy atom. The van der Waals surface area contributed by atoms with Gasteiger partial charge in [-0.1, -0.05) is 76.6 Å². The first-order valence-electron chi connectivity index (χ1n) is 12.5. The van der Waals surface area contributed by atoms with Gasteiger partial charge in [-0.15, -0.1) is 0 Å². The lowest BCUT2D eigenvalue weighted by molar-refractivity contribution is -0.122. The van der Waals surface area contributed by atoms with E-state index in [9.17, 15) is 14.4 Å². The van der Waals surface area contributed by atoms with Crippen LogP contribution in [0.25, 0.3) is 6.08 Å². The number of ether oxygens (including phenoxy) is 2. The number of rotatable bonds is 8. The van der Waals surface area contributed by atoms with Gasteiger partial charge in [-0.25, -0.2) is 9.69 Å². The second-order valence-electron chi connectivity index (χ2n) is 9.07. The van der Waals surface area contributed by atoms with Gasteiger partial charge in [-0.05, 0) is 64.7 Å². The van der Waals surface area contributed by atoms with Gasteiger partial charge in [0.25, 0.3) is 11.8 Å². The average molecular weight is 597 g/mol. The van der Waals surface area contributed by atoms with E-state index in [1.165, 1.54) is 6.08 Å². The summed E-state index contributed by atoms with van der Waals surface area (Å²) in [7, 11) is 1.57. The number of hydrogen-bond donors (Lipinski definition) is 1. The number of carbonyl (C=O) groups excluding carboxylic acids is 3. The Morgan fingerprint density at radius 1 is 0.850 bits per heavy atom. The molecule has 0 spiro atoms. The fourth-order valence-corrected chi connectivity index (χ4v) is 4.76. The third-order valence-corrected chi connectivity index (χ3v) is 7.18. The molecule has 200 valence electrons. The highest BCUT2D eigenvalue weighted by atomic mass is 79.9. The number of urea groups is 1. The molecular formula is C32H25BrN2O5. The second-order valence-corrected chi connectivity index (χ2v) is 9.92. The Hall–Kier alpha value is -4.69. The van der Waals surface area contributed by atoms with Gasteiger partial charge in [0.05, 0.1) is 12.8 Å². The Labute approximate surface area is 240 Å². The zero-order valence-electron chi connectivity index (χ0n) is 21.6. The fourth-order valence-electron chi connectivity index (χ4n) is 4.33. The molecule has 4 aromatic carbocycles. The number of nitrogens with one attached hydrogen (secondary N) is 1. The molecule has 1 aliphatic heterocycles. The molecule has 0 saturated carbocycles. The van der Waals surface area contributed by atoms with Crippen molar-refractivity contribution in [3.05, 3.63) is 129 Å². The van der Waals surface area contributed by atoms with Crippen molar-refractivity contribution in [2.45, 2.75) is 13.0 Å². The summed E-state index contributed by atoms with van der Waals surface area (Å²) >= 11 is 3.57. The maximum Gasteiger partial charge on any atom is 0.335 e. The molecule has 0 aromatic heterocycles. The van der Waals surface area contributed by atoms with Gasteiger partial charge in [-0.2, -0.15) is 0 Å². The van der Waals surface area contributed by atoms with Crippen LogP contribution in [0, 0.1) is 0 Å². The van der Waals surface area contributed by atoms with Crippen molar-refractivity contribution < 1.29 is 23.9 Å². The van der Waals surface area contributed by atoms with Gasteiger partial charge in [0.2, 0.25) is 0 Å². The molecule has 1 fully saturated rings. The summed E-state index contributed by atoms with van der Waals surface area (Å²) < 4.78 is 12.4. The lowest BCUT2D eigenvalue weighted by Gasteiger charge is -2.26. The first-order valence-corrected chi connectivity index (χ1v) is 13.3. The lowest BCUT2D eigenvalue weighted by Crippen LogP contribution is -2.54. The Balaban J connectivity index is 1.35. The number of amides is 4. The van der Waals surface area contributed by atoms with Crippen LogP contribution in [-0.4, -0.2) is 25.0 Å². The minimum Gasteiger partial charge on any atom is -0.496 e. The van der Waals surface area contributed by atoms with Crippen molar-refractivity contribution in [2.75, 3.05) is 12.0 Å². The minimum absolute atomic E-state index is 0.162. The number of anilines is 1. The summed E-state index contributed by atoms with van der Waals surface area (Å²) in [5, 5.41) is 2.26. The molecule has 7 nitrogen and oxygen atoms in total. The molecule has 0 aliphatic carbocycles. The van der Waals surface area contributed by atoms with Gasteiger partial charge in [-0.3, -0.25) is 14.9 Å². The van der Waals surface area contributed by atoms with Crippen molar-refractivity contribution in [3.8, 4) is 11.5 Å². The van der Waals surface area contributed by atoms with Crippen molar-refractivity contribution in [3.63, 3.8) is 0 Å². The van der Waals surface area contributed by atoms with E-state index in [4.69, 9.17) is 9.47 Å². The van der Waals surface area contributed by atoms with Crippen LogP contribution in [0.15, 0.2) is 107 Å². The van der Waals surface area contributed by atoms with Crippen molar-refractivity contribution in [1.29, 1.82) is 0 Å². The predicted octanol–water partition coefficient (Wildman–Crippen LogP) is 6.29. The maximum absolute atomic E-state index is 13.4. The van der Waals surface area contributed by atoms with Gasteiger partial charge in [0, 0.05) is 10.9 Å². The summed E-state index contributed by atoms with van der Waals surface area (Å²) in [6.45, 7) is 0.385. The molecule has 1 N–H and O–H groups in total. The van der Waals surface area contributed by atoms with E-state index in [0.717, 1.165) is 26.1 Å². The fraction of sp³-hybridized carbons (Fsp3) is 0.0938. The minimum atomic E-state index is -0.813. The number of imide groups is 2. The quantitative estimate of drug-likeness (QED) is 0.191. The van der Waals surface area contributed by atoms with E-state index in [1.54, 1.807) is 37.4 Å². The summed E-state index contributed by atoms with van der Waals surface area (Å²) in [5.41, 5.74) is 3.80. The van der Waals surface area contributed by atoms with Crippen LogP contribution in [0.1, 0.15) is 22.3 Å². The van der Waals surface area contributed by atoms with Gasteiger partial charge in [0.15, 0.2) is 0 Å². The number of nitrogens with zero attached hydrogens (tertiary/aromatic N) is 1. The highest BCUT2D eigenvalue weighted by Gasteiger charge is 2.36.